The van der Waals surface area contributed by atoms with E-state index < -0.39 is 17.8 Å². The Labute approximate surface area is 130 Å². The molecule has 0 saturated carbocycles. The topological polar surface area (TPSA) is 12.0 Å². The van der Waals surface area contributed by atoms with Gasteiger partial charge >= 0.3 is 6.18 Å². The molecule has 1 unspecified atom stereocenters. The zero-order valence-electron chi connectivity index (χ0n) is 11.6. The van der Waals surface area contributed by atoms with Crippen LogP contribution in [-0.2, 0) is 6.18 Å². The summed E-state index contributed by atoms with van der Waals surface area (Å²) in [7, 11) is 1.66. The molecule has 1 nitrogen and oxygen atoms in total. The highest BCUT2D eigenvalue weighted by atomic mass is 79.9. The largest absolute Gasteiger partial charge is 0.416 e. The fourth-order valence-electron chi connectivity index (χ4n) is 2.44. The normalized spacial score (nSPS) is 13.2. The Balaban J connectivity index is 2.57. The number of alkyl halides is 3. The van der Waals surface area contributed by atoms with Gasteiger partial charge in [-0.1, -0.05) is 40.2 Å². The Morgan fingerprint density at radius 3 is 2.33 bits per heavy atom. The predicted octanol–water partition coefficient (Wildman–Crippen LogP) is 5.09. The van der Waals surface area contributed by atoms with Crippen molar-refractivity contribution < 1.29 is 13.2 Å². The molecule has 0 aliphatic carbocycles. The third-order valence-electron chi connectivity index (χ3n) is 3.26. The van der Waals surface area contributed by atoms with E-state index in [0.29, 0.717) is 0 Å². The lowest BCUT2D eigenvalue weighted by molar-refractivity contribution is -0.138. The molecule has 0 aliphatic rings. The predicted molar refractivity (Wildman–Crippen MR) is 81.2 cm³/mol. The van der Waals surface area contributed by atoms with E-state index in [9.17, 15) is 13.2 Å². The van der Waals surface area contributed by atoms with E-state index in [4.69, 9.17) is 0 Å². The second kappa shape index (κ2) is 6.20. The molecule has 0 aliphatic heterocycles. The van der Waals surface area contributed by atoms with Gasteiger partial charge in [0.2, 0.25) is 0 Å². The molecule has 21 heavy (non-hydrogen) atoms. The van der Waals surface area contributed by atoms with Gasteiger partial charge in [0, 0.05) is 4.47 Å². The molecule has 2 rings (SSSR count). The Morgan fingerprint density at radius 1 is 1.10 bits per heavy atom. The van der Waals surface area contributed by atoms with Crippen molar-refractivity contribution in [2.75, 3.05) is 7.05 Å². The molecule has 0 fully saturated rings. The quantitative estimate of drug-likeness (QED) is 0.806. The molecule has 5 heteroatoms. The minimum absolute atomic E-state index is 0.227. The molecule has 0 radical (unpaired) electrons. The monoisotopic (exact) mass is 357 g/mol. The molecule has 2 aromatic rings. The zero-order valence-corrected chi connectivity index (χ0v) is 13.2. The second-order valence-electron chi connectivity index (χ2n) is 4.87. The first kappa shape index (κ1) is 16.0. The minimum Gasteiger partial charge on any atom is -0.309 e. The summed E-state index contributed by atoms with van der Waals surface area (Å²) in [5.74, 6) is 0. The first-order valence-corrected chi connectivity index (χ1v) is 7.22. The third kappa shape index (κ3) is 3.66. The van der Waals surface area contributed by atoms with Crippen molar-refractivity contribution >= 4 is 15.9 Å². The fraction of sp³-hybridized carbons (Fsp3) is 0.250. The molecule has 112 valence electrons. The summed E-state index contributed by atoms with van der Waals surface area (Å²) in [5.41, 5.74) is 1.40. The van der Waals surface area contributed by atoms with E-state index >= 15 is 0 Å². The molecule has 1 N–H and O–H groups in total. The highest BCUT2D eigenvalue weighted by Gasteiger charge is 2.35. The van der Waals surface area contributed by atoms with Crippen molar-refractivity contribution in [3.63, 3.8) is 0 Å². The maximum Gasteiger partial charge on any atom is 0.416 e. The molecule has 0 saturated heterocycles. The molecule has 0 aromatic heterocycles. The summed E-state index contributed by atoms with van der Waals surface area (Å²) >= 11 is 3.39. The molecule has 2 aromatic carbocycles. The standard InChI is InChI=1S/C16H15BrF3N/c1-10-7-11(9-12(17)8-10)15(21-2)13-5-3-4-6-14(13)16(18,19)20/h3-9,15,21H,1-2H3. The summed E-state index contributed by atoms with van der Waals surface area (Å²) in [6, 6.07) is 10.8. The average Bonchev–Trinajstić information content (AvgIpc) is 2.38. The zero-order chi connectivity index (χ0) is 15.6. The average molecular weight is 358 g/mol. The van der Waals surface area contributed by atoms with Gasteiger partial charge in [-0.2, -0.15) is 13.2 Å². The van der Waals surface area contributed by atoms with Crippen molar-refractivity contribution in [2.45, 2.75) is 19.1 Å². The fourth-order valence-corrected chi connectivity index (χ4v) is 3.07. The van der Waals surface area contributed by atoms with Gasteiger partial charge in [0.25, 0.3) is 0 Å². The molecule has 0 spiro atoms. The van der Waals surface area contributed by atoms with E-state index in [1.807, 2.05) is 25.1 Å². The second-order valence-corrected chi connectivity index (χ2v) is 5.78. The van der Waals surface area contributed by atoms with Gasteiger partial charge in [-0.15, -0.1) is 0 Å². The van der Waals surface area contributed by atoms with Crippen LogP contribution in [0.4, 0.5) is 13.2 Å². The van der Waals surface area contributed by atoms with Crippen LogP contribution in [0.25, 0.3) is 0 Å². The van der Waals surface area contributed by atoms with Crippen LogP contribution in [0, 0.1) is 6.92 Å². The molecular formula is C16H15BrF3N. The lowest BCUT2D eigenvalue weighted by Gasteiger charge is -2.22. The van der Waals surface area contributed by atoms with Crippen LogP contribution >= 0.6 is 15.9 Å². The molecular weight excluding hydrogens is 343 g/mol. The Kier molecular flexibility index (Phi) is 4.74. The van der Waals surface area contributed by atoms with Gasteiger partial charge in [0.05, 0.1) is 11.6 Å². The van der Waals surface area contributed by atoms with Crippen molar-refractivity contribution in [1.29, 1.82) is 0 Å². The van der Waals surface area contributed by atoms with Gasteiger partial charge in [0.1, 0.15) is 0 Å². The van der Waals surface area contributed by atoms with Crippen LogP contribution in [0.2, 0.25) is 0 Å². The van der Waals surface area contributed by atoms with Gasteiger partial charge in [0.15, 0.2) is 0 Å². The number of benzene rings is 2. The Morgan fingerprint density at radius 2 is 1.76 bits per heavy atom. The van der Waals surface area contributed by atoms with E-state index in [1.54, 1.807) is 13.1 Å². The summed E-state index contributed by atoms with van der Waals surface area (Å²) in [5, 5.41) is 2.98. The third-order valence-corrected chi connectivity index (χ3v) is 3.72. The number of hydrogen-bond donors (Lipinski definition) is 1. The van der Waals surface area contributed by atoms with Crippen LogP contribution in [-0.4, -0.2) is 7.05 Å². The van der Waals surface area contributed by atoms with Gasteiger partial charge < -0.3 is 5.32 Å². The van der Waals surface area contributed by atoms with Crippen molar-refractivity contribution in [2.24, 2.45) is 0 Å². The van der Waals surface area contributed by atoms with E-state index in [2.05, 4.69) is 21.2 Å². The minimum atomic E-state index is -4.37. The van der Waals surface area contributed by atoms with Crippen LogP contribution in [0.5, 0.6) is 0 Å². The summed E-state index contributed by atoms with van der Waals surface area (Å²) in [4.78, 5) is 0. The lowest BCUT2D eigenvalue weighted by Crippen LogP contribution is -2.22. The lowest BCUT2D eigenvalue weighted by atomic mass is 9.93. The van der Waals surface area contributed by atoms with Crippen LogP contribution < -0.4 is 5.32 Å². The number of rotatable bonds is 3. The smallest absolute Gasteiger partial charge is 0.309 e. The Hall–Kier alpha value is -1.33. The molecule has 0 bridgehead atoms. The molecule has 0 amide bonds. The number of halogens is 4. The van der Waals surface area contributed by atoms with Crippen molar-refractivity contribution in [1.82, 2.24) is 5.32 Å². The van der Waals surface area contributed by atoms with E-state index in [-0.39, 0.29) is 5.56 Å². The van der Waals surface area contributed by atoms with Crippen LogP contribution in [0.3, 0.4) is 0 Å². The molecule has 0 heterocycles. The summed E-state index contributed by atoms with van der Waals surface area (Å²) < 4.78 is 40.4. The van der Waals surface area contributed by atoms with Gasteiger partial charge in [-0.05, 0) is 48.9 Å². The van der Waals surface area contributed by atoms with Crippen molar-refractivity contribution in [3.05, 3.63) is 69.2 Å². The van der Waals surface area contributed by atoms with E-state index in [0.717, 1.165) is 21.7 Å². The van der Waals surface area contributed by atoms with Crippen LogP contribution in [0.15, 0.2) is 46.9 Å². The number of nitrogens with one attached hydrogen (secondary N) is 1. The van der Waals surface area contributed by atoms with Crippen LogP contribution in [0.1, 0.15) is 28.3 Å². The first-order chi connectivity index (χ1) is 9.82. The molecule has 1 atom stereocenters. The van der Waals surface area contributed by atoms with Crippen molar-refractivity contribution in [3.8, 4) is 0 Å². The van der Waals surface area contributed by atoms with E-state index in [1.165, 1.54) is 12.1 Å². The summed E-state index contributed by atoms with van der Waals surface area (Å²) in [6.45, 7) is 1.91. The van der Waals surface area contributed by atoms with Gasteiger partial charge in [-0.3, -0.25) is 0 Å². The highest BCUT2D eigenvalue weighted by molar-refractivity contribution is 9.10. The SMILES string of the molecule is CNC(c1cc(C)cc(Br)c1)c1ccccc1C(F)(F)F. The maximum atomic E-state index is 13.2. The number of hydrogen-bond acceptors (Lipinski definition) is 1. The summed E-state index contributed by atoms with van der Waals surface area (Å²) in [6.07, 6.45) is -4.37. The maximum absolute atomic E-state index is 13.2. The first-order valence-electron chi connectivity index (χ1n) is 6.43. The van der Waals surface area contributed by atoms with Gasteiger partial charge in [-0.25, -0.2) is 0 Å². The highest BCUT2D eigenvalue weighted by Crippen LogP contribution is 2.37. The Bertz CT molecular complexity index is 617. The number of aryl methyl sites for hydroxylation is 1.